The Balaban J connectivity index is 0.000000442. The molecule has 1 aromatic heterocycles. The van der Waals surface area contributed by atoms with Crippen molar-refractivity contribution in [1.82, 2.24) is 9.88 Å². The summed E-state index contributed by atoms with van der Waals surface area (Å²) in [5.41, 5.74) is 3.96. The van der Waals surface area contributed by atoms with E-state index in [-0.39, 0.29) is 0 Å². The molecule has 0 aromatic carbocycles. The van der Waals surface area contributed by atoms with Gasteiger partial charge in [0, 0.05) is 25.0 Å². The number of hydrogen-bond donors (Lipinski definition) is 0. The van der Waals surface area contributed by atoms with Crippen LogP contribution in [-0.4, -0.2) is 16.9 Å². The lowest BCUT2D eigenvalue weighted by molar-refractivity contribution is 0.353. The molecule has 0 amide bonds. The normalized spacial score (nSPS) is 13.2. The molecule has 0 N–H and O–H groups in total. The molecule has 15 heavy (non-hydrogen) atoms. The molecule has 0 saturated heterocycles. The number of pyridine rings is 1. The van der Waals surface area contributed by atoms with Crippen molar-refractivity contribution in [3.8, 4) is 0 Å². The monoisotopic (exact) mass is 208 g/mol. The van der Waals surface area contributed by atoms with Crippen molar-refractivity contribution >= 4 is 0 Å². The van der Waals surface area contributed by atoms with Gasteiger partial charge in [-0.05, 0) is 31.2 Å². The lowest BCUT2D eigenvalue weighted by Crippen LogP contribution is -2.07. The van der Waals surface area contributed by atoms with Crippen LogP contribution in [0.25, 0.3) is 0 Å². The summed E-state index contributed by atoms with van der Waals surface area (Å²) < 4.78 is 0. The molecule has 2 nitrogen and oxygen atoms in total. The van der Waals surface area contributed by atoms with Crippen LogP contribution in [0.15, 0.2) is 12.3 Å². The minimum atomic E-state index is 1.06. The molecule has 0 radical (unpaired) electrons. The van der Waals surface area contributed by atoms with E-state index in [0.717, 1.165) is 18.8 Å². The van der Waals surface area contributed by atoms with Crippen LogP contribution >= 0.6 is 0 Å². The van der Waals surface area contributed by atoms with Crippen LogP contribution in [0, 0.1) is 6.92 Å². The predicted octanol–water partition coefficient (Wildman–Crippen LogP) is 3.39. The molecule has 1 aliphatic heterocycles. The molecule has 2 heteroatoms. The SMILES string of the molecule is CC.CC.Cc1cc2c(cn1)CN(C)C2. The molecule has 0 atom stereocenters. The third kappa shape index (κ3) is 4.00. The molecule has 1 aromatic rings. The van der Waals surface area contributed by atoms with Gasteiger partial charge in [0.05, 0.1) is 0 Å². The average Bonchev–Trinajstić information content (AvgIpc) is 2.63. The highest BCUT2D eigenvalue weighted by atomic mass is 15.1. The zero-order valence-corrected chi connectivity index (χ0v) is 11.0. The Labute approximate surface area is 94.3 Å². The van der Waals surface area contributed by atoms with Crippen LogP contribution in [-0.2, 0) is 13.1 Å². The van der Waals surface area contributed by atoms with E-state index in [1.807, 2.05) is 40.8 Å². The molecular weight excluding hydrogens is 184 g/mol. The van der Waals surface area contributed by atoms with Gasteiger partial charge in [-0.1, -0.05) is 27.7 Å². The van der Waals surface area contributed by atoms with E-state index in [4.69, 9.17) is 0 Å². The van der Waals surface area contributed by atoms with Crippen molar-refractivity contribution in [1.29, 1.82) is 0 Å². The quantitative estimate of drug-likeness (QED) is 0.649. The van der Waals surface area contributed by atoms with Gasteiger partial charge in [-0.25, -0.2) is 0 Å². The van der Waals surface area contributed by atoms with Crippen molar-refractivity contribution in [2.75, 3.05) is 7.05 Å². The zero-order chi connectivity index (χ0) is 11.8. The lowest BCUT2D eigenvalue weighted by Gasteiger charge is -2.02. The minimum absolute atomic E-state index is 1.06. The van der Waals surface area contributed by atoms with Crippen LogP contribution in [0.1, 0.15) is 44.5 Å². The van der Waals surface area contributed by atoms with Gasteiger partial charge in [-0.15, -0.1) is 0 Å². The van der Waals surface area contributed by atoms with Gasteiger partial charge < -0.3 is 0 Å². The molecule has 0 spiro atoms. The summed E-state index contributed by atoms with van der Waals surface area (Å²) in [6, 6.07) is 2.18. The lowest BCUT2D eigenvalue weighted by atomic mass is 10.2. The van der Waals surface area contributed by atoms with Crippen LogP contribution in [0.4, 0.5) is 0 Å². The summed E-state index contributed by atoms with van der Waals surface area (Å²) in [6.07, 6.45) is 1.99. The second-order valence-electron chi connectivity index (χ2n) is 3.27. The maximum atomic E-state index is 4.26. The molecule has 0 unspecified atom stereocenters. The standard InChI is InChI=1S/C9H12N2.2C2H6/c1-7-3-8-5-11(2)6-9(8)4-10-7;2*1-2/h3-4H,5-6H2,1-2H3;2*1-2H3. The van der Waals surface area contributed by atoms with Crippen molar-refractivity contribution in [3.05, 3.63) is 29.1 Å². The number of rotatable bonds is 0. The first-order chi connectivity index (χ1) is 7.25. The average molecular weight is 208 g/mol. The van der Waals surface area contributed by atoms with Gasteiger partial charge in [0.25, 0.3) is 0 Å². The zero-order valence-electron chi connectivity index (χ0n) is 11.0. The number of aryl methyl sites for hydroxylation is 1. The van der Waals surface area contributed by atoms with Crippen molar-refractivity contribution in [2.45, 2.75) is 47.7 Å². The summed E-state index contributed by atoms with van der Waals surface area (Å²) in [7, 11) is 2.13. The van der Waals surface area contributed by atoms with Crippen molar-refractivity contribution < 1.29 is 0 Å². The second-order valence-corrected chi connectivity index (χ2v) is 3.27. The van der Waals surface area contributed by atoms with Crippen molar-refractivity contribution in [2.24, 2.45) is 0 Å². The van der Waals surface area contributed by atoms with E-state index in [1.54, 1.807) is 0 Å². The molecule has 2 rings (SSSR count). The maximum absolute atomic E-state index is 4.26. The predicted molar refractivity (Wildman–Crippen MR) is 66.8 cm³/mol. The fourth-order valence-electron chi connectivity index (χ4n) is 1.57. The van der Waals surface area contributed by atoms with Crippen molar-refractivity contribution in [3.63, 3.8) is 0 Å². The number of aromatic nitrogens is 1. The second kappa shape index (κ2) is 7.41. The largest absolute Gasteiger partial charge is 0.298 e. The van der Waals surface area contributed by atoms with E-state index in [0.29, 0.717) is 0 Å². The van der Waals surface area contributed by atoms with Gasteiger partial charge in [0.2, 0.25) is 0 Å². The highest BCUT2D eigenvalue weighted by molar-refractivity contribution is 5.29. The van der Waals surface area contributed by atoms with Gasteiger partial charge in [-0.3, -0.25) is 9.88 Å². The van der Waals surface area contributed by atoms with Gasteiger partial charge in [0.15, 0.2) is 0 Å². The summed E-state index contributed by atoms with van der Waals surface area (Å²) in [5.74, 6) is 0. The fraction of sp³-hybridized carbons (Fsp3) is 0.615. The van der Waals surface area contributed by atoms with Crippen LogP contribution in [0.3, 0.4) is 0 Å². The molecule has 0 fully saturated rings. The first-order valence-electron chi connectivity index (χ1n) is 5.88. The summed E-state index contributed by atoms with van der Waals surface area (Å²) in [4.78, 5) is 6.56. The third-order valence-electron chi connectivity index (χ3n) is 2.10. The highest BCUT2D eigenvalue weighted by Gasteiger charge is 2.14. The topological polar surface area (TPSA) is 16.1 Å². The van der Waals surface area contributed by atoms with E-state index >= 15 is 0 Å². The molecular formula is C13H24N2. The Bertz CT molecular complexity index is 282. The number of hydrogen-bond acceptors (Lipinski definition) is 2. The van der Waals surface area contributed by atoms with Gasteiger partial charge >= 0.3 is 0 Å². The summed E-state index contributed by atoms with van der Waals surface area (Å²) in [6.45, 7) is 12.2. The molecule has 0 saturated carbocycles. The van der Waals surface area contributed by atoms with E-state index in [9.17, 15) is 0 Å². The molecule has 0 aliphatic carbocycles. The van der Waals surface area contributed by atoms with E-state index < -0.39 is 0 Å². The first-order valence-corrected chi connectivity index (χ1v) is 5.88. The Morgan fingerprint density at radius 2 is 1.60 bits per heavy atom. The van der Waals surface area contributed by atoms with Crippen LogP contribution in [0.5, 0.6) is 0 Å². The number of fused-ring (bicyclic) bond motifs is 1. The van der Waals surface area contributed by atoms with Gasteiger partial charge in [-0.2, -0.15) is 0 Å². The Morgan fingerprint density at radius 1 is 1.07 bits per heavy atom. The molecule has 1 aliphatic rings. The Morgan fingerprint density at radius 3 is 2.20 bits per heavy atom. The fourth-order valence-corrected chi connectivity index (χ4v) is 1.57. The Kier molecular flexibility index (Phi) is 6.97. The maximum Gasteiger partial charge on any atom is 0.0376 e. The summed E-state index contributed by atoms with van der Waals surface area (Å²) >= 11 is 0. The summed E-state index contributed by atoms with van der Waals surface area (Å²) in [5, 5.41) is 0. The first kappa shape index (κ1) is 14.1. The van der Waals surface area contributed by atoms with Crippen LogP contribution in [0.2, 0.25) is 0 Å². The number of nitrogens with zero attached hydrogens (tertiary/aromatic N) is 2. The molecule has 2 heterocycles. The Hall–Kier alpha value is -0.890. The van der Waals surface area contributed by atoms with Crippen LogP contribution < -0.4 is 0 Å². The van der Waals surface area contributed by atoms with E-state index in [1.165, 1.54) is 11.1 Å². The van der Waals surface area contributed by atoms with E-state index in [2.05, 4.69) is 23.0 Å². The van der Waals surface area contributed by atoms with Gasteiger partial charge in [0.1, 0.15) is 0 Å². The molecule has 0 bridgehead atoms. The minimum Gasteiger partial charge on any atom is -0.298 e. The third-order valence-corrected chi connectivity index (χ3v) is 2.10. The molecule has 86 valence electrons. The smallest absolute Gasteiger partial charge is 0.0376 e. The highest BCUT2D eigenvalue weighted by Crippen LogP contribution is 2.20.